The summed E-state index contributed by atoms with van der Waals surface area (Å²) >= 11 is 5.76. The number of aromatic nitrogens is 2. The normalized spacial score (nSPS) is 14.6. The van der Waals surface area contributed by atoms with Gasteiger partial charge in [0.1, 0.15) is 0 Å². The van der Waals surface area contributed by atoms with Gasteiger partial charge in [-0.3, -0.25) is 9.58 Å². The Balaban J connectivity index is 1.34. The molecule has 0 bridgehead atoms. The zero-order chi connectivity index (χ0) is 21.8. The molecular weight excluding hydrogens is 402 g/mol. The molecule has 0 aliphatic carbocycles. The molecule has 2 heterocycles. The van der Waals surface area contributed by atoms with Crippen molar-refractivity contribution in [2.24, 2.45) is 0 Å². The van der Waals surface area contributed by atoms with E-state index >= 15 is 0 Å². The number of anilines is 1. The van der Waals surface area contributed by atoms with Crippen LogP contribution in [0.2, 0.25) is 0 Å². The first-order valence-corrected chi connectivity index (χ1v) is 11.3. The molecule has 0 spiro atoms. The Bertz CT molecular complexity index is 1040. The lowest BCUT2D eigenvalue weighted by Crippen LogP contribution is -2.49. The number of benzene rings is 2. The molecule has 1 fully saturated rings. The van der Waals surface area contributed by atoms with Gasteiger partial charge in [-0.15, -0.1) is 0 Å². The summed E-state index contributed by atoms with van der Waals surface area (Å²) in [5.41, 5.74) is 7.14. The van der Waals surface area contributed by atoms with Crippen molar-refractivity contribution in [3.63, 3.8) is 0 Å². The first-order valence-electron chi connectivity index (χ1n) is 10.9. The molecule has 0 radical (unpaired) electrons. The molecule has 1 aromatic heterocycles. The average Bonchev–Trinajstić information content (AvgIpc) is 3.04. The van der Waals surface area contributed by atoms with E-state index < -0.39 is 0 Å². The minimum Gasteiger partial charge on any atom is -0.346 e. The maximum absolute atomic E-state index is 5.76. The summed E-state index contributed by atoms with van der Waals surface area (Å²) in [6, 6.07) is 19.1. The second kappa shape index (κ2) is 9.62. The fourth-order valence-electron chi connectivity index (χ4n) is 4.11. The number of nitrogens with one attached hydrogen (secondary N) is 1. The lowest BCUT2D eigenvalue weighted by molar-refractivity contribution is 0.176. The van der Waals surface area contributed by atoms with Crippen LogP contribution in [0.25, 0.3) is 0 Å². The Hall–Kier alpha value is -2.70. The number of piperazine rings is 1. The van der Waals surface area contributed by atoms with Crippen LogP contribution in [0.1, 0.15) is 28.1 Å². The number of rotatable bonds is 5. The van der Waals surface area contributed by atoms with Crippen LogP contribution in [-0.2, 0) is 13.1 Å². The third-order valence-electron chi connectivity index (χ3n) is 6.10. The van der Waals surface area contributed by atoms with Crippen LogP contribution in [0.4, 0.5) is 5.69 Å². The maximum atomic E-state index is 5.76. The number of hydrogen-bond donors (Lipinski definition) is 1. The summed E-state index contributed by atoms with van der Waals surface area (Å²) in [6.45, 7) is 12.0. The smallest absolute Gasteiger partial charge is 0.173 e. The Morgan fingerprint density at radius 1 is 0.903 bits per heavy atom. The van der Waals surface area contributed by atoms with E-state index in [9.17, 15) is 0 Å². The van der Waals surface area contributed by atoms with E-state index in [-0.39, 0.29) is 0 Å². The first-order chi connectivity index (χ1) is 15.0. The van der Waals surface area contributed by atoms with Crippen LogP contribution in [0.3, 0.4) is 0 Å². The molecule has 162 valence electrons. The molecule has 1 aliphatic rings. The van der Waals surface area contributed by atoms with Crippen molar-refractivity contribution in [1.29, 1.82) is 0 Å². The number of aryl methyl sites for hydroxylation is 2. The van der Waals surface area contributed by atoms with Gasteiger partial charge in [0.05, 0.1) is 23.6 Å². The fraction of sp³-hybridized carbons (Fsp3) is 0.360. The van der Waals surface area contributed by atoms with Crippen LogP contribution in [0.15, 0.2) is 54.6 Å². The van der Waals surface area contributed by atoms with Gasteiger partial charge in [0, 0.05) is 32.7 Å². The quantitative estimate of drug-likeness (QED) is 0.605. The zero-order valence-corrected chi connectivity index (χ0v) is 19.5. The van der Waals surface area contributed by atoms with Crippen LogP contribution >= 0.6 is 12.2 Å². The molecule has 0 unspecified atom stereocenters. The van der Waals surface area contributed by atoms with Gasteiger partial charge in [0.15, 0.2) is 5.11 Å². The Morgan fingerprint density at radius 2 is 1.58 bits per heavy atom. The maximum Gasteiger partial charge on any atom is 0.173 e. The number of thiocarbonyl (C=S) groups is 1. The summed E-state index contributed by atoms with van der Waals surface area (Å²) in [7, 11) is 0. The minimum atomic E-state index is 0.763. The minimum absolute atomic E-state index is 0.763. The van der Waals surface area contributed by atoms with E-state index in [1.165, 1.54) is 16.7 Å². The molecule has 31 heavy (non-hydrogen) atoms. The Morgan fingerprint density at radius 3 is 2.29 bits per heavy atom. The van der Waals surface area contributed by atoms with Crippen molar-refractivity contribution in [1.82, 2.24) is 19.6 Å². The van der Waals surface area contributed by atoms with Crippen LogP contribution in [-0.4, -0.2) is 50.9 Å². The molecule has 4 rings (SSSR count). The summed E-state index contributed by atoms with van der Waals surface area (Å²) < 4.78 is 2.05. The largest absolute Gasteiger partial charge is 0.346 e. The summed E-state index contributed by atoms with van der Waals surface area (Å²) in [6.07, 6.45) is 0. The van der Waals surface area contributed by atoms with Crippen LogP contribution in [0, 0.1) is 20.8 Å². The molecule has 2 aromatic carbocycles. The molecule has 1 saturated heterocycles. The van der Waals surface area contributed by atoms with Crippen LogP contribution < -0.4 is 5.32 Å². The van der Waals surface area contributed by atoms with Gasteiger partial charge in [0.2, 0.25) is 0 Å². The van der Waals surface area contributed by atoms with Crippen molar-refractivity contribution in [3.05, 3.63) is 82.7 Å². The molecule has 0 saturated carbocycles. The van der Waals surface area contributed by atoms with E-state index in [1.807, 2.05) is 13.0 Å². The second-order valence-corrected chi connectivity index (χ2v) is 8.70. The molecule has 3 aromatic rings. The summed E-state index contributed by atoms with van der Waals surface area (Å²) in [4.78, 5) is 4.78. The van der Waals surface area contributed by atoms with E-state index in [1.54, 1.807) is 0 Å². The van der Waals surface area contributed by atoms with Gasteiger partial charge in [-0.25, -0.2) is 0 Å². The van der Waals surface area contributed by atoms with Crippen molar-refractivity contribution in [2.45, 2.75) is 33.9 Å². The second-order valence-electron chi connectivity index (χ2n) is 8.31. The highest BCUT2D eigenvalue weighted by Crippen LogP contribution is 2.21. The molecular formula is C25H31N5S. The van der Waals surface area contributed by atoms with Crippen molar-refractivity contribution in [2.75, 3.05) is 31.5 Å². The highest BCUT2D eigenvalue weighted by Gasteiger charge is 2.21. The number of nitrogens with zero attached hydrogens (tertiary/aromatic N) is 4. The average molecular weight is 434 g/mol. The third kappa shape index (κ3) is 5.14. The van der Waals surface area contributed by atoms with E-state index in [4.69, 9.17) is 17.3 Å². The topological polar surface area (TPSA) is 36.3 Å². The standard InChI is InChI=1S/C25H31N5S/c1-19-9-7-8-12-23(19)18-28-13-15-29(16-14-28)25(31)26-24-20(2)27-30(21(24)3)17-22-10-5-4-6-11-22/h4-12H,13-18H2,1-3H3,(H,26,31). The fourth-order valence-corrected chi connectivity index (χ4v) is 4.40. The van der Waals surface area contributed by atoms with Gasteiger partial charge < -0.3 is 10.2 Å². The van der Waals surface area contributed by atoms with E-state index in [0.29, 0.717) is 0 Å². The highest BCUT2D eigenvalue weighted by molar-refractivity contribution is 7.80. The van der Waals surface area contributed by atoms with E-state index in [0.717, 1.165) is 61.5 Å². The monoisotopic (exact) mass is 433 g/mol. The highest BCUT2D eigenvalue weighted by atomic mass is 32.1. The van der Waals surface area contributed by atoms with Gasteiger partial charge in [0.25, 0.3) is 0 Å². The third-order valence-corrected chi connectivity index (χ3v) is 6.46. The van der Waals surface area contributed by atoms with Gasteiger partial charge in [-0.2, -0.15) is 5.10 Å². The molecule has 1 N–H and O–H groups in total. The lowest BCUT2D eigenvalue weighted by Gasteiger charge is -2.36. The summed E-state index contributed by atoms with van der Waals surface area (Å²) in [5, 5.41) is 9.01. The van der Waals surface area contributed by atoms with Crippen LogP contribution in [0.5, 0.6) is 0 Å². The van der Waals surface area contributed by atoms with Gasteiger partial charge in [-0.1, -0.05) is 54.6 Å². The van der Waals surface area contributed by atoms with Gasteiger partial charge in [-0.05, 0) is 49.7 Å². The Labute approximate surface area is 190 Å². The zero-order valence-electron chi connectivity index (χ0n) is 18.6. The summed E-state index contributed by atoms with van der Waals surface area (Å²) in [5.74, 6) is 0. The van der Waals surface area contributed by atoms with Crippen molar-refractivity contribution in [3.8, 4) is 0 Å². The van der Waals surface area contributed by atoms with Crippen molar-refractivity contribution < 1.29 is 0 Å². The molecule has 5 nitrogen and oxygen atoms in total. The predicted octanol–water partition coefficient (Wildman–Crippen LogP) is 4.37. The number of hydrogen-bond acceptors (Lipinski definition) is 3. The van der Waals surface area contributed by atoms with Gasteiger partial charge >= 0.3 is 0 Å². The molecule has 0 amide bonds. The lowest BCUT2D eigenvalue weighted by atomic mass is 10.1. The Kier molecular flexibility index (Phi) is 6.68. The van der Waals surface area contributed by atoms with Crippen molar-refractivity contribution >= 4 is 23.0 Å². The molecule has 6 heteroatoms. The van der Waals surface area contributed by atoms with E-state index in [2.05, 4.69) is 82.2 Å². The molecule has 0 atom stereocenters. The SMILES string of the molecule is Cc1ccccc1CN1CCN(C(=S)Nc2c(C)nn(Cc3ccccc3)c2C)CC1. The predicted molar refractivity (Wildman–Crippen MR) is 131 cm³/mol. The molecule has 1 aliphatic heterocycles. The first kappa shape index (κ1) is 21.5.